The third-order valence-corrected chi connectivity index (χ3v) is 4.04. The van der Waals surface area contributed by atoms with Gasteiger partial charge in [0, 0.05) is 10.4 Å². The molecule has 0 fully saturated rings. The Morgan fingerprint density at radius 2 is 2.24 bits per heavy atom. The average Bonchev–Trinajstić information content (AvgIpc) is 2.72. The molecule has 0 radical (unpaired) electrons. The standard InChI is InChI=1S/C13H15NOS2/c1-9-12(6-7-16)17-13(14-9)10-4-3-5-11(8-10)15-2/h3-5,8,16H,6-7H2,1-2H3. The smallest absolute Gasteiger partial charge is 0.123 e. The molecule has 0 aliphatic heterocycles. The third kappa shape index (κ3) is 2.82. The molecule has 0 aliphatic rings. The van der Waals surface area contributed by atoms with E-state index < -0.39 is 0 Å². The van der Waals surface area contributed by atoms with Gasteiger partial charge in [-0.05, 0) is 31.2 Å². The van der Waals surface area contributed by atoms with E-state index in [0.717, 1.165) is 34.2 Å². The summed E-state index contributed by atoms with van der Waals surface area (Å²) in [6.45, 7) is 2.05. The molecule has 0 spiro atoms. The second kappa shape index (κ2) is 5.56. The van der Waals surface area contributed by atoms with Crippen molar-refractivity contribution in [3.05, 3.63) is 34.8 Å². The molecule has 0 N–H and O–H groups in total. The van der Waals surface area contributed by atoms with Crippen molar-refractivity contribution in [3.8, 4) is 16.3 Å². The zero-order chi connectivity index (χ0) is 12.3. The van der Waals surface area contributed by atoms with E-state index in [1.165, 1.54) is 4.88 Å². The monoisotopic (exact) mass is 265 g/mol. The topological polar surface area (TPSA) is 22.1 Å². The third-order valence-electron chi connectivity index (χ3n) is 2.55. The van der Waals surface area contributed by atoms with Crippen LogP contribution in [-0.2, 0) is 6.42 Å². The van der Waals surface area contributed by atoms with Crippen LogP contribution in [0.5, 0.6) is 5.75 Å². The first kappa shape index (κ1) is 12.5. The van der Waals surface area contributed by atoms with E-state index in [2.05, 4.69) is 30.6 Å². The molecule has 0 saturated heterocycles. The number of hydrogen-bond donors (Lipinski definition) is 1. The summed E-state index contributed by atoms with van der Waals surface area (Å²) in [4.78, 5) is 5.92. The van der Waals surface area contributed by atoms with Crippen LogP contribution in [0.15, 0.2) is 24.3 Å². The Morgan fingerprint density at radius 3 is 2.94 bits per heavy atom. The first-order valence-electron chi connectivity index (χ1n) is 5.46. The fourth-order valence-electron chi connectivity index (χ4n) is 1.64. The van der Waals surface area contributed by atoms with E-state index in [1.54, 1.807) is 18.4 Å². The number of thiazole rings is 1. The lowest BCUT2D eigenvalue weighted by Crippen LogP contribution is -1.84. The number of benzene rings is 1. The van der Waals surface area contributed by atoms with Crippen molar-refractivity contribution in [2.75, 3.05) is 12.9 Å². The summed E-state index contributed by atoms with van der Waals surface area (Å²) in [7, 11) is 1.68. The van der Waals surface area contributed by atoms with E-state index in [0.29, 0.717) is 0 Å². The quantitative estimate of drug-likeness (QED) is 0.853. The highest BCUT2D eigenvalue weighted by Crippen LogP contribution is 2.30. The Labute approximate surface area is 111 Å². The van der Waals surface area contributed by atoms with Gasteiger partial charge in [0.2, 0.25) is 0 Å². The first-order chi connectivity index (χ1) is 8.24. The van der Waals surface area contributed by atoms with Crippen LogP contribution in [0, 0.1) is 6.92 Å². The van der Waals surface area contributed by atoms with Crippen molar-refractivity contribution in [2.45, 2.75) is 13.3 Å². The molecular formula is C13H15NOS2. The molecule has 17 heavy (non-hydrogen) atoms. The Balaban J connectivity index is 2.35. The summed E-state index contributed by atoms with van der Waals surface area (Å²) in [6, 6.07) is 8.01. The van der Waals surface area contributed by atoms with Crippen LogP contribution in [0.25, 0.3) is 10.6 Å². The lowest BCUT2D eigenvalue weighted by molar-refractivity contribution is 0.415. The summed E-state index contributed by atoms with van der Waals surface area (Å²) in [5.41, 5.74) is 2.23. The molecule has 2 aromatic rings. The van der Waals surface area contributed by atoms with Gasteiger partial charge in [-0.2, -0.15) is 12.6 Å². The molecule has 0 amide bonds. The maximum Gasteiger partial charge on any atom is 0.123 e. The zero-order valence-electron chi connectivity index (χ0n) is 9.93. The molecule has 0 saturated carbocycles. The molecule has 0 unspecified atom stereocenters. The lowest BCUT2D eigenvalue weighted by atomic mass is 10.2. The Morgan fingerprint density at radius 1 is 1.41 bits per heavy atom. The van der Waals surface area contributed by atoms with E-state index >= 15 is 0 Å². The second-order valence-electron chi connectivity index (χ2n) is 3.73. The van der Waals surface area contributed by atoms with Crippen LogP contribution in [-0.4, -0.2) is 17.8 Å². The summed E-state index contributed by atoms with van der Waals surface area (Å²) in [5.74, 6) is 1.73. The largest absolute Gasteiger partial charge is 0.497 e. The second-order valence-corrected chi connectivity index (χ2v) is 5.26. The first-order valence-corrected chi connectivity index (χ1v) is 6.91. The van der Waals surface area contributed by atoms with E-state index in [1.807, 2.05) is 18.2 Å². The molecular weight excluding hydrogens is 250 g/mol. The minimum Gasteiger partial charge on any atom is -0.497 e. The maximum absolute atomic E-state index is 5.23. The number of methoxy groups -OCH3 is 1. The fourth-order valence-corrected chi connectivity index (χ4v) is 3.07. The molecule has 2 rings (SSSR count). The predicted molar refractivity (Wildman–Crippen MR) is 76.4 cm³/mol. The van der Waals surface area contributed by atoms with E-state index in [4.69, 9.17) is 4.74 Å². The maximum atomic E-state index is 5.23. The van der Waals surface area contributed by atoms with Crippen LogP contribution in [0.2, 0.25) is 0 Å². The van der Waals surface area contributed by atoms with Crippen molar-refractivity contribution >= 4 is 24.0 Å². The van der Waals surface area contributed by atoms with Gasteiger partial charge < -0.3 is 4.74 Å². The number of aryl methyl sites for hydroxylation is 2. The van der Waals surface area contributed by atoms with Gasteiger partial charge in [0.05, 0.1) is 12.8 Å². The van der Waals surface area contributed by atoms with Gasteiger partial charge in [-0.15, -0.1) is 11.3 Å². The molecule has 0 atom stereocenters. The summed E-state index contributed by atoms with van der Waals surface area (Å²) in [6.07, 6.45) is 0.983. The van der Waals surface area contributed by atoms with Gasteiger partial charge in [-0.25, -0.2) is 4.98 Å². The normalized spacial score (nSPS) is 10.5. The number of rotatable bonds is 4. The lowest BCUT2D eigenvalue weighted by Gasteiger charge is -2.00. The van der Waals surface area contributed by atoms with Crippen LogP contribution < -0.4 is 4.74 Å². The highest BCUT2D eigenvalue weighted by molar-refractivity contribution is 7.80. The molecule has 1 aromatic carbocycles. The fraction of sp³-hybridized carbons (Fsp3) is 0.308. The molecule has 0 bridgehead atoms. The van der Waals surface area contributed by atoms with Crippen molar-refractivity contribution in [1.82, 2.24) is 4.98 Å². The number of thiol groups is 1. The van der Waals surface area contributed by atoms with Crippen molar-refractivity contribution in [2.24, 2.45) is 0 Å². The van der Waals surface area contributed by atoms with Gasteiger partial charge in [-0.3, -0.25) is 0 Å². The Kier molecular flexibility index (Phi) is 4.07. The van der Waals surface area contributed by atoms with Gasteiger partial charge >= 0.3 is 0 Å². The number of hydrogen-bond acceptors (Lipinski definition) is 4. The van der Waals surface area contributed by atoms with E-state index in [9.17, 15) is 0 Å². The summed E-state index contributed by atoms with van der Waals surface area (Å²) < 4.78 is 5.23. The molecule has 4 heteroatoms. The summed E-state index contributed by atoms with van der Waals surface area (Å²) in [5, 5.41) is 1.05. The Hall–Kier alpha value is -1.000. The van der Waals surface area contributed by atoms with Crippen molar-refractivity contribution < 1.29 is 4.74 Å². The van der Waals surface area contributed by atoms with Gasteiger partial charge in [-0.1, -0.05) is 12.1 Å². The highest BCUT2D eigenvalue weighted by atomic mass is 32.1. The number of ether oxygens (including phenoxy) is 1. The molecule has 90 valence electrons. The minimum atomic E-state index is 0.862. The van der Waals surface area contributed by atoms with Crippen LogP contribution >= 0.6 is 24.0 Å². The van der Waals surface area contributed by atoms with Crippen LogP contribution in [0.3, 0.4) is 0 Å². The number of nitrogens with zero attached hydrogens (tertiary/aromatic N) is 1. The van der Waals surface area contributed by atoms with Crippen LogP contribution in [0.1, 0.15) is 10.6 Å². The number of aromatic nitrogens is 1. The molecule has 1 aromatic heterocycles. The molecule has 1 heterocycles. The van der Waals surface area contributed by atoms with Crippen molar-refractivity contribution in [1.29, 1.82) is 0 Å². The minimum absolute atomic E-state index is 0.862. The molecule has 2 nitrogen and oxygen atoms in total. The van der Waals surface area contributed by atoms with Gasteiger partial charge in [0.15, 0.2) is 0 Å². The van der Waals surface area contributed by atoms with Crippen molar-refractivity contribution in [3.63, 3.8) is 0 Å². The zero-order valence-corrected chi connectivity index (χ0v) is 11.6. The summed E-state index contributed by atoms with van der Waals surface area (Å²) >= 11 is 6.01. The SMILES string of the molecule is COc1cccc(-c2nc(C)c(CCS)s2)c1. The molecule has 0 aliphatic carbocycles. The average molecular weight is 265 g/mol. The Bertz CT molecular complexity index is 508. The highest BCUT2D eigenvalue weighted by Gasteiger charge is 2.09. The van der Waals surface area contributed by atoms with E-state index in [-0.39, 0.29) is 0 Å². The van der Waals surface area contributed by atoms with Gasteiger partial charge in [0.25, 0.3) is 0 Å². The van der Waals surface area contributed by atoms with Gasteiger partial charge in [0.1, 0.15) is 10.8 Å². The predicted octanol–water partition coefficient (Wildman–Crippen LogP) is 3.60. The van der Waals surface area contributed by atoms with Crippen LogP contribution in [0.4, 0.5) is 0 Å².